The smallest absolute Gasteiger partial charge is 0.342 e. The Balaban J connectivity index is 2.06. The molecule has 0 spiro atoms. The quantitative estimate of drug-likeness (QED) is 0.588. The molecular weight excluding hydrogens is 210 g/mol. The van der Waals surface area contributed by atoms with Gasteiger partial charge in [-0.2, -0.15) is 0 Å². The van der Waals surface area contributed by atoms with Crippen LogP contribution >= 0.6 is 0 Å². The number of aromatic amines is 2. The van der Waals surface area contributed by atoms with E-state index in [2.05, 4.69) is 15.2 Å². The molecule has 1 saturated carbocycles. The van der Waals surface area contributed by atoms with E-state index >= 15 is 0 Å². The molecule has 88 valence electrons. The second kappa shape index (κ2) is 4.09. The molecule has 1 aromatic heterocycles. The average molecular weight is 225 g/mol. The summed E-state index contributed by atoms with van der Waals surface area (Å²) in [5.74, 6) is 0.744. The van der Waals surface area contributed by atoms with Crippen molar-refractivity contribution in [2.45, 2.75) is 18.9 Å². The minimum Gasteiger partial charge on any atom is -0.353 e. The SMILES string of the molecule is CN(CC1CC(N)C1)c1n[nH]c(=O)[nH]c1=O. The molecule has 16 heavy (non-hydrogen) atoms. The van der Waals surface area contributed by atoms with Gasteiger partial charge in [0.1, 0.15) is 0 Å². The van der Waals surface area contributed by atoms with Gasteiger partial charge < -0.3 is 10.6 Å². The van der Waals surface area contributed by atoms with Gasteiger partial charge in [0.2, 0.25) is 5.82 Å². The van der Waals surface area contributed by atoms with E-state index in [0.29, 0.717) is 12.0 Å². The highest BCUT2D eigenvalue weighted by atomic mass is 16.2. The van der Waals surface area contributed by atoms with E-state index in [9.17, 15) is 9.59 Å². The predicted octanol–water partition coefficient (Wildman–Crippen LogP) is -1.37. The predicted molar refractivity (Wildman–Crippen MR) is 59.4 cm³/mol. The first-order valence-corrected chi connectivity index (χ1v) is 5.22. The molecular formula is C9H15N5O2. The number of nitrogens with zero attached hydrogens (tertiary/aromatic N) is 2. The lowest BCUT2D eigenvalue weighted by molar-refractivity contribution is 0.270. The summed E-state index contributed by atoms with van der Waals surface area (Å²) < 4.78 is 0. The van der Waals surface area contributed by atoms with Crippen LogP contribution in [0.15, 0.2) is 9.59 Å². The van der Waals surface area contributed by atoms with Crippen molar-refractivity contribution in [1.82, 2.24) is 15.2 Å². The van der Waals surface area contributed by atoms with Crippen LogP contribution in [0, 0.1) is 5.92 Å². The maximum atomic E-state index is 11.4. The molecule has 1 aliphatic rings. The molecule has 0 bridgehead atoms. The van der Waals surface area contributed by atoms with Crippen LogP contribution in [0.5, 0.6) is 0 Å². The van der Waals surface area contributed by atoms with Gasteiger partial charge in [-0.15, -0.1) is 5.10 Å². The molecule has 0 unspecified atom stereocenters. The summed E-state index contributed by atoms with van der Waals surface area (Å²) in [6.07, 6.45) is 1.96. The fourth-order valence-electron chi connectivity index (χ4n) is 2.01. The van der Waals surface area contributed by atoms with Crippen molar-refractivity contribution in [3.8, 4) is 0 Å². The van der Waals surface area contributed by atoms with Crippen molar-refractivity contribution in [2.24, 2.45) is 11.7 Å². The van der Waals surface area contributed by atoms with Gasteiger partial charge in [0.15, 0.2) is 0 Å². The Labute approximate surface area is 91.7 Å². The summed E-state index contributed by atoms with van der Waals surface area (Å²) in [5, 5.41) is 5.93. The largest absolute Gasteiger partial charge is 0.353 e. The van der Waals surface area contributed by atoms with Gasteiger partial charge in [0, 0.05) is 19.6 Å². The first-order valence-electron chi connectivity index (χ1n) is 5.22. The molecule has 0 saturated heterocycles. The van der Waals surface area contributed by atoms with Crippen molar-refractivity contribution in [2.75, 3.05) is 18.5 Å². The number of hydrogen-bond acceptors (Lipinski definition) is 5. The van der Waals surface area contributed by atoms with Crippen LogP contribution in [0.1, 0.15) is 12.8 Å². The Morgan fingerprint density at radius 2 is 2.19 bits per heavy atom. The van der Waals surface area contributed by atoms with Crippen molar-refractivity contribution in [3.63, 3.8) is 0 Å². The van der Waals surface area contributed by atoms with Gasteiger partial charge in [0.25, 0.3) is 5.56 Å². The van der Waals surface area contributed by atoms with Crippen LogP contribution in [0.3, 0.4) is 0 Å². The highest BCUT2D eigenvalue weighted by molar-refractivity contribution is 5.32. The Bertz CT molecular complexity index is 473. The number of H-pyrrole nitrogens is 2. The van der Waals surface area contributed by atoms with Crippen LogP contribution in [0.2, 0.25) is 0 Å². The first kappa shape index (κ1) is 10.9. The Morgan fingerprint density at radius 3 is 2.75 bits per heavy atom. The van der Waals surface area contributed by atoms with Gasteiger partial charge in [-0.1, -0.05) is 0 Å². The molecule has 0 aromatic carbocycles. The van der Waals surface area contributed by atoms with E-state index in [-0.39, 0.29) is 5.82 Å². The van der Waals surface area contributed by atoms with Crippen molar-refractivity contribution >= 4 is 5.82 Å². The van der Waals surface area contributed by atoms with Crippen molar-refractivity contribution in [1.29, 1.82) is 0 Å². The Hall–Kier alpha value is -1.63. The molecule has 0 radical (unpaired) electrons. The third-order valence-electron chi connectivity index (χ3n) is 2.86. The molecule has 0 amide bonds. The molecule has 7 nitrogen and oxygen atoms in total. The van der Waals surface area contributed by atoms with E-state index in [1.807, 2.05) is 0 Å². The zero-order chi connectivity index (χ0) is 11.7. The van der Waals surface area contributed by atoms with Gasteiger partial charge in [0.05, 0.1) is 0 Å². The standard InChI is InChI=1S/C9H15N5O2/c1-14(4-5-2-6(10)3-5)7-8(15)11-9(16)13-12-7/h5-6H,2-4,10H2,1H3,(H2,11,13,15,16). The monoisotopic (exact) mass is 225 g/mol. The summed E-state index contributed by atoms with van der Waals surface area (Å²) in [7, 11) is 1.78. The number of nitrogens with two attached hydrogens (primary N) is 1. The minimum atomic E-state index is -0.590. The van der Waals surface area contributed by atoms with Gasteiger partial charge in [-0.05, 0) is 18.8 Å². The molecule has 7 heteroatoms. The van der Waals surface area contributed by atoms with Gasteiger partial charge in [-0.3, -0.25) is 9.78 Å². The minimum absolute atomic E-state index is 0.236. The zero-order valence-corrected chi connectivity index (χ0v) is 9.06. The number of anilines is 1. The van der Waals surface area contributed by atoms with E-state index in [0.717, 1.165) is 19.4 Å². The summed E-state index contributed by atoms with van der Waals surface area (Å²) in [6.45, 7) is 0.732. The lowest BCUT2D eigenvalue weighted by atomic mass is 9.81. The third-order valence-corrected chi connectivity index (χ3v) is 2.86. The molecule has 1 aromatic rings. The normalized spacial score (nSPS) is 23.9. The second-order valence-electron chi connectivity index (χ2n) is 4.31. The number of nitrogens with one attached hydrogen (secondary N) is 2. The second-order valence-corrected chi connectivity index (χ2v) is 4.31. The number of hydrogen-bond donors (Lipinski definition) is 3. The Kier molecular flexibility index (Phi) is 2.78. The summed E-state index contributed by atoms with van der Waals surface area (Å²) >= 11 is 0. The first-order chi connectivity index (χ1) is 7.56. The van der Waals surface area contributed by atoms with Crippen LogP contribution in [-0.2, 0) is 0 Å². The maximum Gasteiger partial charge on any atom is 0.342 e. The Morgan fingerprint density at radius 1 is 1.50 bits per heavy atom. The summed E-state index contributed by atoms with van der Waals surface area (Å²) in [4.78, 5) is 26.1. The van der Waals surface area contributed by atoms with Gasteiger partial charge in [-0.25, -0.2) is 9.89 Å². The number of rotatable bonds is 3. The molecule has 2 rings (SSSR count). The molecule has 4 N–H and O–H groups in total. The van der Waals surface area contributed by atoms with Crippen LogP contribution in [0.25, 0.3) is 0 Å². The van der Waals surface area contributed by atoms with Crippen molar-refractivity contribution < 1.29 is 0 Å². The maximum absolute atomic E-state index is 11.4. The topological polar surface area (TPSA) is 108 Å². The van der Waals surface area contributed by atoms with Crippen LogP contribution in [0.4, 0.5) is 5.82 Å². The molecule has 1 fully saturated rings. The van der Waals surface area contributed by atoms with Crippen molar-refractivity contribution in [3.05, 3.63) is 20.8 Å². The summed E-state index contributed by atoms with van der Waals surface area (Å²) in [5.41, 5.74) is 4.63. The molecule has 1 aliphatic carbocycles. The fraction of sp³-hybridized carbons (Fsp3) is 0.667. The molecule has 1 heterocycles. The van der Waals surface area contributed by atoms with Crippen LogP contribution < -0.4 is 21.9 Å². The highest BCUT2D eigenvalue weighted by Gasteiger charge is 2.27. The number of aromatic nitrogens is 3. The zero-order valence-electron chi connectivity index (χ0n) is 9.06. The van der Waals surface area contributed by atoms with Gasteiger partial charge >= 0.3 is 5.69 Å². The fourth-order valence-corrected chi connectivity index (χ4v) is 2.01. The molecule has 0 atom stereocenters. The van der Waals surface area contributed by atoms with E-state index in [1.54, 1.807) is 11.9 Å². The average Bonchev–Trinajstić information content (AvgIpc) is 2.15. The summed E-state index contributed by atoms with van der Waals surface area (Å²) in [6, 6.07) is 0.292. The molecule has 0 aliphatic heterocycles. The third kappa shape index (κ3) is 2.13. The lowest BCUT2D eigenvalue weighted by Gasteiger charge is -2.35. The highest BCUT2D eigenvalue weighted by Crippen LogP contribution is 2.26. The van der Waals surface area contributed by atoms with E-state index in [1.165, 1.54) is 0 Å². The van der Waals surface area contributed by atoms with E-state index < -0.39 is 11.2 Å². The van der Waals surface area contributed by atoms with Crippen LogP contribution in [-0.4, -0.2) is 34.8 Å². The van der Waals surface area contributed by atoms with E-state index in [4.69, 9.17) is 5.73 Å². The lowest BCUT2D eigenvalue weighted by Crippen LogP contribution is -2.43.